The van der Waals surface area contributed by atoms with Crippen molar-refractivity contribution < 1.29 is 55.3 Å². The summed E-state index contributed by atoms with van der Waals surface area (Å²) in [7, 11) is 2.19. The first-order valence-electron chi connectivity index (χ1n) is 11.7. The Balaban J connectivity index is 0.000000317. The number of nitrogens with zero attached hydrogens (tertiary/aromatic N) is 3. The quantitative estimate of drug-likeness (QED) is 0.515. The van der Waals surface area contributed by atoms with E-state index in [0.717, 1.165) is 38.5 Å². The van der Waals surface area contributed by atoms with Crippen molar-refractivity contribution in [1.29, 1.82) is 0 Å². The maximum absolute atomic E-state index is 10.6. The molecule has 0 radical (unpaired) electrons. The standard InChI is InChI=1S/C20H27N3O2.2C2HF3O2/c1-22(14-18-7-4-9-24-18)19-15-23(12-16-5-2-8-21-11-16)13-17-6-3-10-25-20(17)19;2*3-2(4,5)1(6)7/h2,4-5,7-9,11,17,19-20H,3,6,10,12-15H2,1H3;2*(H,6,7)/t17-,19+,20-;;/m0../s1. The summed E-state index contributed by atoms with van der Waals surface area (Å²) in [5.74, 6) is -3.89. The van der Waals surface area contributed by atoms with Crippen LogP contribution in [0.15, 0.2) is 47.3 Å². The number of aliphatic carboxylic acids is 2. The molecule has 3 atom stereocenters. The number of pyridine rings is 1. The lowest BCUT2D eigenvalue weighted by atomic mass is 9.84. The molecule has 0 aromatic carbocycles. The highest BCUT2D eigenvalue weighted by Gasteiger charge is 2.41. The van der Waals surface area contributed by atoms with Crippen molar-refractivity contribution >= 4 is 11.9 Å². The van der Waals surface area contributed by atoms with Gasteiger partial charge in [0.2, 0.25) is 0 Å². The van der Waals surface area contributed by atoms with E-state index in [9.17, 15) is 26.3 Å². The largest absolute Gasteiger partial charge is 0.490 e. The Kier molecular flexibility index (Phi) is 11.7. The number of hydrogen-bond acceptors (Lipinski definition) is 7. The fourth-order valence-corrected chi connectivity index (χ4v) is 4.30. The van der Waals surface area contributed by atoms with Gasteiger partial charge in [-0.2, -0.15) is 26.3 Å². The van der Waals surface area contributed by atoms with E-state index in [1.54, 1.807) is 6.26 Å². The number of carbonyl (C=O) groups is 2. The number of carboxylic acids is 2. The second-order valence-corrected chi connectivity index (χ2v) is 8.96. The molecule has 2 aliphatic heterocycles. The topological polar surface area (TPSA) is 116 Å². The second-order valence-electron chi connectivity index (χ2n) is 8.96. The molecule has 218 valence electrons. The predicted octanol–water partition coefficient (Wildman–Crippen LogP) is 4.05. The molecule has 2 aromatic rings. The maximum atomic E-state index is 10.6. The lowest BCUT2D eigenvalue weighted by molar-refractivity contribution is -0.193. The van der Waals surface area contributed by atoms with E-state index in [-0.39, 0.29) is 0 Å². The first-order chi connectivity index (χ1) is 18.2. The summed E-state index contributed by atoms with van der Waals surface area (Å²) in [6, 6.07) is 8.58. The van der Waals surface area contributed by atoms with Crippen LogP contribution in [0.4, 0.5) is 26.3 Å². The van der Waals surface area contributed by atoms with Crippen LogP contribution in [0.25, 0.3) is 0 Å². The highest BCUT2D eigenvalue weighted by atomic mass is 19.4. The number of hydrogen-bond donors (Lipinski definition) is 2. The van der Waals surface area contributed by atoms with Crippen LogP contribution in [0.3, 0.4) is 0 Å². The van der Waals surface area contributed by atoms with Crippen LogP contribution in [-0.2, 0) is 27.4 Å². The molecule has 2 fully saturated rings. The Morgan fingerprint density at radius 3 is 2.23 bits per heavy atom. The van der Waals surface area contributed by atoms with E-state index in [1.165, 1.54) is 18.4 Å². The molecule has 2 aliphatic rings. The molecule has 39 heavy (non-hydrogen) atoms. The Morgan fingerprint density at radius 1 is 1.08 bits per heavy atom. The Morgan fingerprint density at radius 2 is 1.72 bits per heavy atom. The van der Waals surface area contributed by atoms with Gasteiger partial charge in [-0.3, -0.25) is 14.8 Å². The van der Waals surface area contributed by atoms with E-state index < -0.39 is 24.3 Å². The highest BCUT2D eigenvalue weighted by molar-refractivity contribution is 5.73. The summed E-state index contributed by atoms with van der Waals surface area (Å²) >= 11 is 0. The van der Waals surface area contributed by atoms with Gasteiger partial charge in [0.15, 0.2) is 0 Å². The van der Waals surface area contributed by atoms with Crippen molar-refractivity contribution in [3.8, 4) is 0 Å². The van der Waals surface area contributed by atoms with Crippen LogP contribution >= 0.6 is 0 Å². The minimum Gasteiger partial charge on any atom is -0.475 e. The summed E-state index contributed by atoms with van der Waals surface area (Å²) in [5, 5.41) is 14.2. The summed E-state index contributed by atoms with van der Waals surface area (Å²) in [6.07, 6.45) is -1.83. The zero-order valence-electron chi connectivity index (χ0n) is 20.9. The SMILES string of the molecule is CN(Cc1ccco1)[C@@H]1CN(Cc2cccnc2)C[C@@H]2CCCO[C@@H]21.O=C(O)C(F)(F)F.O=C(O)C(F)(F)F. The third-order valence-electron chi connectivity index (χ3n) is 5.98. The molecule has 0 amide bonds. The molecule has 0 unspecified atom stereocenters. The first kappa shape index (κ1) is 32.0. The number of likely N-dealkylation sites (tertiary alicyclic amines) is 1. The third kappa shape index (κ3) is 10.8. The molecule has 9 nitrogen and oxygen atoms in total. The van der Waals surface area contributed by atoms with Gasteiger partial charge in [-0.25, -0.2) is 9.59 Å². The van der Waals surface area contributed by atoms with Crippen LogP contribution < -0.4 is 0 Å². The molecule has 4 rings (SSSR count). The van der Waals surface area contributed by atoms with E-state index in [2.05, 4.69) is 27.9 Å². The van der Waals surface area contributed by atoms with Crippen molar-refractivity contribution in [3.05, 3.63) is 54.2 Å². The Labute approximate surface area is 220 Å². The van der Waals surface area contributed by atoms with Gasteiger partial charge in [0.1, 0.15) is 5.76 Å². The minimum absolute atomic E-state index is 0.332. The summed E-state index contributed by atoms with van der Waals surface area (Å²) < 4.78 is 75.2. The van der Waals surface area contributed by atoms with Gasteiger partial charge in [-0.15, -0.1) is 0 Å². The number of piperidine rings is 1. The van der Waals surface area contributed by atoms with E-state index in [1.807, 2.05) is 30.6 Å². The summed E-state index contributed by atoms with van der Waals surface area (Å²) in [6.45, 7) is 4.82. The van der Waals surface area contributed by atoms with Crippen molar-refractivity contribution in [1.82, 2.24) is 14.8 Å². The minimum atomic E-state index is -5.08. The lowest BCUT2D eigenvalue weighted by Crippen LogP contribution is -2.59. The number of halogens is 6. The maximum Gasteiger partial charge on any atom is 0.490 e. The number of ether oxygens (including phenoxy) is 1. The van der Waals surface area contributed by atoms with Gasteiger partial charge in [0.25, 0.3) is 0 Å². The van der Waals surface area contributed by atoms with Crippen LogP contribution in [-0.4, -0.2) is 88.2 Å². The van der Waals surface area contributed by atoms with Gasteiger partial charge in [-0.05, 0) is 49.6 Å². The number of carboxylic acid groups (broad SMARTS) is 2. The fourth-order valence-electron chi connectivity index (χ4n) is 4.30. The Hall–Kier alpha value is -3.17. The van der Waals surface area contributed by atoms with Crippen molar-refractivity contribution in [2.24, 2.45) is 5.92 Å². The number of furan rings is 1. The number of alkyl halides is 6. The number of rotatable bonds is 5. The average molecular weight is 569 g/mol. The second kappa shape index (κ2) is 14.3. The van der Waals surface area contributed by atoms with Crippen molar-refractivity contribution in [2.45, 2.75) is 50.4 Å². The molecule has 4 heterocycles. The van der Waals surface area contributed by atoms with E-state index >= 15 is 0 Å². The lowest BCUT2D eigenvalue weighted by Gasteiger charge is -2.48. The molecule has 0 saturated carbocycles. The van der Waals surface area contributed by atoms with Crippen LogP contribution in [0, 0.1) is 5.92 Å². The normalized spacial score (nSPS) is 21.6. The van der Waals surface area contributed by atoms with Gasteiger partial charge in [0, 0.05) is 44.7 Å². The molecular weight excluding hydrogens is 540 g/mol. The molecule has 15 heteroatoms. The van der Waals surface area contributed by atoms with Crippen LogP contribution in [0.2, 0.25) is 0 Å². The van der Waals surface area contributed by atoms with Crippen molar-refractivity contribution in [3.63, 3.8) is 0 Å². The summed E-state index contributed by atoms with van der Waals surface area (Å²) in [4.78, 5) is 27.0. The fraction of sp³-hybridized carbons (Fsp3) is 0.542. The monoisotopic (exact) mass is 569 g/mol. The Bertz CT molecular complexity index is 996. The predicted molar refractivity (Wildman–Crippen MR) is 123 cm³/mol. The smallest absolute Gasteiger partial charge is 0.475 e. The van der Waals surface area contributed by atoms with E-state index in [0.29, 0.717) is 18.1 Å². The van der Waals surface area contributed by atoms with E-state index in [4.69, 9.17) is 29.0 Å². The van der Waals surface area contributed by atoms with Gasteiger partial charge in [0.05, 0.1) is 18.9 Å². The molecular formula is C24H29F6N3O6. The van der Waals surface area contributed by atoms with Gasteiger partial charge < -0.3 is 19.4 Å². The van der Waals surface area contributed by atoms with Gasteiger partial charge >= 0.3 is 24.3 Å². The molecule has 2 N–H and O–H groups in total. The van der Waals surface area contributed by atoms with Crippen LogP contribution in [0.5, 0.6) is 0 Å². The van der Waals surface area contributed by atoms with Gasteiger partial charge in [-0.1, -0.05) is 6.07 Å². The zero-order chi connectivity index (χ0) is 29.2. The molecule has 0 bridgehead atoms. The number of fused-ring (bicyclic) bond motifs is 1. The van der Waals surface area contributed by atoms with Crippen molar-refractivity contribution in [2.75, 3.05) is 26.7 Å². The van der Waals surface area contributed by atoms with Crippen LogP contribution in [0.1, 0.15) is 24.2 Å². The molecule has 2 saturated heterocycles. The highest BCUT2D eigenvalue weighted by Crippen LogP contribution is 2.32. The molecule has 2 aromatic heterocycles. The average Bonchev–Trinajstić information content (AvgIpc) is 3.37. The molecule has 0 spiro atoms. The first-order valence-corrected chi connectivity index (χ1v) is 11.7. The number of aromatic nitrogens is 1. The third-order valence-corrected chi connectivity index (χ3v) is 5.98. The number of likely N-dealkylation sites (N-methyl/N-ethyl adjacent to an activating group) is 1. The summed E-state index contributed by atoms with van der Waals surface area (Å²) in [5.41, 5.74) is 1.28. The zero-order valence-corrected chi connectivity index (χ0v) is 20.9. The molecule has 0 aliphatic carbocycles.